The number of hydrogen-bond donors (Lipinski definition) is 1. The number of rotatable bonds is 5. The average molecular weight is 489 g/mol. The van der Waals surface area contributed by atoms with E-state index >= 15 is 0 Å². The number of fused-ring (bicyclic) bond motifs is 1. The molecule has 2 aromatic carbocycles. The van der Waals surface area contributed by atoms with Gasteiger partial charge >= 0.3 is 0 Å². The minimum atomic E-state index is -1.69. The topological polar surface area (TPSA) is 116 Å². The molecule has 0 heterocycles. The molecule has 2 aliphatic rings. The van der Waals surface area contributed by atoms with Gasteiger partial charge in [-0.25, -0.2) is 4.39 Å². The molecule has 6 nitrogen and oxygen atoms in total. The highest BCUT2D eigenvalue weighted by Gasteiger charge is 2.53. The van der Waals surface area contributed by atoms with Crippen molar-refractivity contribution in [3.8, 4) is 29.7 Å². The molecule has 0 amide bonds. The van der Waals surface area contributed by atoms with Crippen molar-refractivity contribution in [1.82, 2.24) is 0 Å². The van der Waals surface area contributed by atoms with Gasteiger partial charge < -0.3 is 15.2 Å². The van der Waals surface area contributed by atoms with Crippen molar-refractivity contribution in [2.45, 2.75) is 31.8 Å². The molecule has 0 radical (unpaired) electrons. The molecule has 0 saturated carbocycles. The number of halogens is 2. The van der Waals surface area contributed by atoms with Crippen LogP contribution in [0.2, 0.25) is 5.02 Å². The molecule has 35 heavy (non-hydrogen) atoms. The summed E-state index contributed by atoms with van der Waals surface area (Å²) < 4.78 is 24.8. The summed E-state index contributed by atoms with van der Waals surface area (Å²) >= 11 is 5.86. The van der Waals surface area contributed by atoms with Crippen LogP contribution in [0, 0.1) is 51.1 Å². The number of ether oxygens (including phenoxy) is 2. The predicted molar refractivity (Wildman–Crippen MR) is 127 cm³/mol. The second-order valence-corrected chi connectivity index (χ2v) is 8.95. The second kappa shape index (κ2) is 9.71. The van der Waals surface area contributed by atoms with Crippen molar-refractivity contribution in [3.05, 3.63) is 81.3 Å². The normalized spacial score (nSPS) is 20.5. The highest BCUT2D eigenvalue weighted by molar-refractivity contribution is 6.30. The Balaban J connectivity index is 1.80. The molecule has 0 spiro atoms. The van der Waals surface area contributed by atoms with E-state index in [1.165, 1.54) is 25.3 Å². The van der Waals surface area contributed by atoms with Crippen molar-refractivity contribution in [2.24, 2.45) is 17.1 Å². The highest BCUT2D eigenvalue weighted by Crippen LogP contribution is 2.56. The first kappa shape index (κ1) is 24.1. The molecule has 0 fully saturated rings. The Morgan fingerprint density at radius 1 is 1.17 bits per heavy atom. The summed E-state index contributed by atoms with van der Waals surface area (Å²) in [5.41, 5.74) is 7.09. The quantitative estimate of drug-likeness (QED) is 0.580. The van der Waals surface area contributed by atoms with E-state index in [9.17, 15) is 20.2 Å². The van der Waals surface area contributed by atoms with Gasteiger partial charge in [0, 0.05) is 17.5 Å². The summed E-state index contributed by atoms with van der Waals surface area (Å²) in [6.45, 7) is 0.0833. The fourth-order valence-corrected chi connectivity index (χ4v) is 5.25. The van der Waals surface area contributed by atoms with E-state index in [1.54, 1.807) is 6.07 Å². The minimum absolute atomic E-state index is 0.00558. The van der Waals surface area contributed by atoms with E-state index in [-0.39, 0.29) is 28.8 Å². The maximum Gasteiger partial charge on any atom is 0.191 e. The SMILES string of the molecule is COc1ccc([C@@H]2[C@@H]3CCCC=C3C(C#N)=C(N)C2(C#N)C#N)cc1COc1ccc(F)c(Cl)c1. The Kier molecular flexibility index (Phi) is 6.70. The molecule has 2 aromatic rings. The monoisotopic (exact) mass is 488 g/mol. The van der Waals surface area contributed by atoms with Crippen molar-refractivity contribution in [1.29, 1.82) is 15.8 Å². The number of hydrogen-bond acceptors (Lipinski definition) is 6. The highest BCUT2D eigenvalue weighted by atomic mass is 35.5. The van der Waals surface area contributed by atoms with Gasteiger partial charge in [-0.1, -0.05) is 23.7 Å². The van der Waals surface area contributed by atoms with Gasteiger partial charge in [0.1, 0.15) is 30.0 Å². The van der Waals surface area contributed by atoms with Crippen LogP contribution in [0.5, 0.6) is 11.5 Å². The summed E-state index contributed by atoms with van der Waals surface area (Å²) in [7, 11) is 1.53. The van der Waals surface area contributed by atoms with Crippen LogP contribution in [0.25, 0.3) is 0 Å². The molecule has 0 aromatic heterocycles. The second-order valence-electron chi connectivity index (χ2n) is 8.54. The van der Waals surface area contributed by atoms with Gasteiger partial charge in [0.15, 0.2) is 5.41 Å². The first-order valence-corrected chi connectivity index (χ1v) is 11.5. The number of benzene rings is 2. The lowest BCUT2D eigenvalue weighted by Gasteiger charge is -2.43. The fourth-order valence-electron chi connectivity index (χ4n) is 5.08. The Labute approximate surface area is 208 Å². The van der Waals surface area contributed by atoms with Crippen LogP contribution in [0.4, 0.5) is 4.39 Å². The first-order valence-electron chi connectivity index (χ1n) is 11.1. The Hall–Kier alpha value is -3.99. The van der Waals surface area contributed by atoms with Crippen LogP contribution in [-0.2, 0) is 6.61 Å². The molecule has 2 N–H and O–H groups in total. The Bertz CT molecular complexity index is 1350. The third-order valence-corrected chi connectivity index (χ3v) is 7.04. The van der Waals surface area contributed by atoms with Gasteiger partial charge in [0.25, 0.3) is 0 Å². The van der Waals surface area contributed by atoms with Gasteiger partial charge in [0.2, 0.25) is 0 Å². The Morgan fingerprint density at radius 2 is 1.94 bits per heavy atom. The standard InChI is InChI=1S/C27H22ClFN4O2/c1-34-24-9-6-16(10-17(24)13-35-18-7-8-23(29)22(28)11-18)25-20-5-3-2-4-19(20)21(12-30)26(33)27(25,14-31)15-32/h4,6-11,20,25H,2-3,5,13,33H2,1H3/t20-,25-/m1/s1. The van der Waals surface area contributed by atoms with Crippen LogP contribution >= 0.6 is 11.6 Å². The number of nitrogens with zero attached hydrogens (tertiary/aromatic N) is 3. The van der Waals surface area contributed by atoms with Crippen LogP contribution < -0.4 is 15.2 Å². The number of methoxy groups -OCH3 is 1. The molecule has 0 unspecified atom stereocenters. The van der Waals surface area contributed by atoms with Gasteiger partial charge in [-0.15, -0.1) is 0 Å². The number of nitriles is 3. The van der Waals surface area contributed by atoms with Crippen molar-refractivity contribution >= 4 is 11.6 Å². The molecule has 2 aliphatic carbocycles. The van der Waals surface area contributed by atoms with E-state index < -0.39 is 17.2 Å². The smallest absolute Gasteiger partial charge is 0.191 e. The van der Waals surface area contributed by atoms with E-state index in [0.29, 0.717) is 17.1 Å². The molecular formula is C27H22ClFN4O2. The Morgan fingerprint density at radius 3 is 2.60 bits per heavy atom. The van der Waals surface area contributed by atoms with Gasteiger partial charge in [-0.2, -0.15) is 15.8 Å². The maximum absolute atomic E-state index is 13.5. The van der Waals surface area contributed by atoms with E-state index in [4.69, 9.17) is 26.8 Å². The molecular weight excluding hydrogens is 467 g/mol. The molecule has 0 saturated heterocycles. The zero-order valence-corrected chi connectivity index (χ0v) is 19.8. The molecule has 4 rings (SSSR count). The van der Waals surface area contributed by atoms with Crippen LogP contribution in [0.3, 0.4) is 0 Å². The summed E-state index contributed by atoms with van der Waals surface area (Å²) in [6.07, 6.45) is 4.42. The zero-order chi connectivity index (χ0) is 25.2. The summed E-state index contributed by atoms with van der Waals surface area (Å²) in [5, 5.41) is 30.2. The maximum atomic E-state index is 13.5. The summed E-state index contributed by atoms with van der Waals surface area (Å²) in [6, 6.07) is 15.9. The largest absolute Gasteiger partial charge is 0.496 e. The van der Waals surface area contributed by atoms with Crippen molar-refractivity contribution in [2.75, 3.05) is 7.11 Å². The third-order valence-electron chi connectivity index (χ3n) is 6.75. The molecule has 8 heteroatoms. The lowest BCUT2D eigenvalue weighted by Crippen LogP contribution is -2.42. The van der Waals surface area contributed by atoms with Gasteiger partial charge in [0.05, 0.1) is 35.5 Å². The molecule has 2 atom stereocenters. The van der Waals surface area contributed by atoms with Gasteiger partial charge in [-0.05, 0) is 60.6 Å². The van der Waals surface area contributed by atoms with E-state index in [0.717, 1.165) is 30.4 Å². The van der Waals surface area contributed by atoms with Crippen LogP contribution in [0.1, 0.15) is 36.3 Å². The van der Waals surface area contributed by atoms with Crippen LogP contribution in [-0.4, -0.2) is 7.11 Å². The molecule has 0 bridgehead atoms. The molecule has 176 valence electrons. The summed E-state index contributed by atoms with van der Waals surface area (Å²) in [5.74, 6) is -0.390. The van der Waals surface area contributed by atoms with Crippen molar-refractivity contribution in [3.63, 3.8) is 0 Å². The fraction of sp³-hybridized carbons (Fsp3) is 0.296. The van der Waals surface area contributed by atoms with Crippen molar-refractivity contribution < 1.29 is 13.9 Å². The lowest BCUT2D eigenvalue weighted by molar-refractivity contribution is 0.293. The van der Waals surface area contributed by atoms with Gasteiger partial charge in [-0.3, -0.25) is 0 Å². The van der Waals surface area contributed by atoms with Crippen LogP contribution in [0.15, 0.2) is 59.3 Å². The molecule has 0 aliphatic heterocycles. The number of nitrogens with two attached hydrogens (primary N) is 1. The van der Waals surface area contributed by atoms with E-state index in [2.05, 4.69) is 18.2 Å². The summed E-state index contributed by atoms with van der Waals surface area (Å²) in [4.78, 5) is 0. The average Bonchev–Trinajstić information content (AvgIpc) is 2.88. The minimum Gasteiger partial charge on any atom is -0.496 e. The first-order chi connectivity index (χ1) is 16.9. The lowest BCUT2D eigenvalue weighted by atomic mass is 9.56. The third kappa shape index (κ3) is 4.08. The zero-order valence-electron chi connectivity index (χ0n) is 19.0. The van der Waals surface area contributed by atoms with E-state index in [1.807, 2.05) is 18.2 Å². The number of allylic oxidation sites excluding steroid dienone is 4. The predicted octanol–water partition coefficient (Wildman–Crippen LogP) is 5.66.